The van der Waals surface area contributed by atoms with Crippen LogP contribution in [0.15, 0.2) is 30.3 Å². The standard InChI is InChI=1S/C11H15NS/c1-2-4-10(5-3-1)11-6-8-13-9-7-12-11/h1-5,11-12H,6-9H2. The third kappa shape index (κ3) is 2.48. The Bertz CT molecular complexity index is 240. The van der Waals surface area contributed by atoms with Crippen LogP contribution in [-0.2, 0) is 0 Å². The Kier molecular flexibility index (Phi) is 3.27. The lowest BCUT2D eigenvalue weighted by Gasteiger charge is -2.15. The average Bonchev–Trinajstić information content (AvgIpc) is 2.47. The SMILES string of the molecule is c1ccc(C2CCSCCN2)cc1. The highest BCUT2D eigenvalue weighted by Crippen LogP contribution is 2.21. The van der Waals surface area contributed by atoms with Crippen LogP contribution in [0.5, 0.6) is 0 Å². The Morgan fingerprint density at radius 1 is 1.15 bits per heavy atom. The van der Waals surface area contributed by atoms with E-state index in [9.17, 15) is 0 Å². The number of rotatable bonds is 1. The summed E-state index contributed by atoms with van der Waals surface area (Å²) in [4.78, 5) is 0. The molecule has 1 aromatic carbocycles. The van der Waals surface area contributed by atoms with Crippen molar-refractivity contribution in [2.45, 2.75) is 12.5 Å². The van der Waals surface area contributed by atoms with E-state index in [-0.39, 0.29) is 0 Å². The van der Waals surface area contributed by atoms with Crippen molar-refractivity contribution in [2.24, 2.45) is 0 Å². The minimum Gasteiger partial charge on any atom is -0.309 e. The maximum Gasteiger partial charge on any atom is 0.0328 e. The molecule has 1 aliphatic heterocycles. The first-order chi connectivity index (χ1) is 6.47. The highest BCUT2D eigenvalue weighted by atomic mass is 32.2. The van der Waals surface area contributed by atoms with E-state index in [0.717, 1.165) is 6.54 Å². The maximum atomic E-state index is 3.58. The van der Waals surface area contributed by atoms with Gasteiger partial charge in [-0.05, 0) is 17.7 Å². The van der Waals surface area contributed by atoms with Gasteiger partial charge in [-0.15, -0.1) is 0 Å². The lowest BCUT2D eigenvalue weighted by Crippen LogP contribution is -2.21. The summed E-state index contributed by atoms with van der Waals surface area (Å²) in [5.74, 6) is 2.54. The van der Waals surface area contributed by atoms with Crippen LogP contribution in [0, 0.1) is 0 Å². The number of thioether (sulfide) groups is 1. The lowest BCUT2D eigenvalue weighted by atomic mass is 10.1. The summed E-state index contributed by atoms with van der Waals surface area (Å²) in [5.41, 5.74) is 1.44. The number of benzene rings is 1. The third-order valence-electron chi connectivity index (χ3n) is 2.39. The van der Waals surface area contributed by atoms with Gasteiger partial charge in [0, 0.05) is 18.3 Å². The summed E-state index contributed by atoms with van der Waals surface area (Å²) >= 11 is 2.05. The summed E-state index contributed by atoms with van der Waals surface area (Å²) < 4.78 is 0. The number of nitrogens with one attached hydrogen (secondary N) is 1. The van der Waals surface area contributed by atoms with Gasteiger partial charge < -0.3 is 5.32 Å². The van der Waals surface area contributed by atoms with Crippen molar-refractivity contribution < 1.29 is 0 Å². The Labute approximate surface area is 83.9 Å². The first-order valence-corrected chi connectivity index (χ1v) is 5.98. The Balaban J connectivity index is 2.06. The monoisotopic (exact) mass is 193 g/mol. The van der Waals surface area contributed by atoms with Gasteiger partial charge in [0.1, 0.15) is 0 Å². The van der Waals surface area contributed by atoms with E-state index in [4.69, 9.17) is 0 Å². The molecular weight excluding hydrogens is 178 g/mol. The molecule has 1 aliphatic rings. The van der Waals surface area contributed by atoms with Crippen LogP contribution >= 0.6 is 11.8 Å². The van der Waals surface area contributed by atoms with E-state index in [1.54, 1.807) is 0 Å². The van der Waals surface area contributed by atoms with Crippen molar-refractivity contribution in [2.75, 3.05) is 18.1 Å². The topological polar surface area (TPSA) is 12.0 Å². The molecule has 0 spiro atoms. The Morgan fingerprint density at radius 3 is 2.85 bits per heavy atom. The van der Waals surface area contributed by atoms with Crippen LogP contribution in [0.3, 0.4) is 0 Å². The lowest BCUT2D eigenvalue weighted by molar-refractivity contribution is 0.551. The van der Waals surface area contributed by atoms with Gasteiger partial charge in [0.15, 0.2) is 0 Å². The minimum absolute atomic E-state index is 0.580. The molecule has 1 atom stereocenters. The highest BCUT2D eigenvalue weighted by Gasteiger charge is 2.12. The summed E-state index contributed by atoms with van der Waals surface area (Å²) in [5, 5.41) is 3.58. The fraction of sp³-hybridized carbons (Fsp3) is 0.455. The predicted molar refractivity (Wildman–Crippen MR) is 59.1 cm³/mol. The van der Waals surface area contributed by atoms with Gasteiger partial charge in [-0.2, -0.15) is 11.8 Å². The van der Waals surface area contributed by atoms with E-state index < -0.39 is 0 Å². The Morgan fingerprint density at radius 2 is 2.00 bits per heavy atom. The van der Waals surface area contributed by atoms with Crippen molar-refractivity contribution >= 4 is 11.8 Å². The number of hydrogen-bond acceptors (Lipinski definition) is 2. The van der Waals surface area contributed by atoms with Gasteiger partial charge >= 0.3 is 0 Å². The van der Waals surface area contributed by atoms with Crippen molar-refractivity contribution in [3.8, 4) is 0 Å². The van der Waals surface area contributed by atoms with Crippen LogP contribution in [0.25, 0.3) is 0 Å². The summed E-state index contributed by atoms with van der Waals surface area (Å²) in [6.45, 7) is 1.14. The smallest absolute Gasteiger partial charge is 0.0328 e. The van der Waals surface area contributed by atoms with E-state index in [1.165, 1.54) is 23.5 Å². The molecule has 0 aromatic heterocycles. The Hall–Kier alpha value is -0.470. The zero-order chi connectivity index (χ0) is 8.93. The van der Waals surface area contributed by atoms with Crippen molar-refractivity contribution in [3.05, 3.63) is 35.9 Å². The van der Waals surface area contributed by atoms with E-state index in [0.29, 0.717) is 6.04 Å². The zero-order valence-corrected chi connectivity index (χ0v) is 8.52. The second kappa shape index (κ2) is 4.68. The summed E-state index contributed by atoms with van der Waals surface area (Å²) in [6.07, 6.45) is 1.26. The molecule has 1 heterocycles. The molecule has 70 valence electrons. The molecule has 1 N–H and O–H groups in total. The van der Waals surface area contributed by atoms with Gasteiger partial charge in [0.25, 0.3) is 0 Å². The quantitative estimate of drug-likeness (QED) is 0.735. The molecule has 1 nitrogen and oxygen atoms in total. The van der Waals surface area contributed by atoms with Crippen molar-refractivity contribution in [1.82, 2.24) is 5.32 Å². The largest absolute Gasteiger partial charge is 0.309 e. The van der Waals surface area contributed by atoms with E-state index in [2.05, 4.69) is 47.4 Å². The summed E-state index contributed by atoms with van der Waals surface area (Å²) in [6, 6.07) is 11.3. The molecule has 0 bridgehead atoms. The number of hydrogen-bond donors (Lipinski definition) is 1. The molecule has 2 rings (SSSR count). The van der Waals surface area contributed by atoms with Gasteiger partial charge in [0.2, 0.25) is 0 Å². The van der Waals surface area contributed by atoms with Crippen molar-refractivity contribution in [3.63, 3.8) is 0 Å². The third-order valence-corrected chi connectivity index (χ3v) is 3.41. The second-order valence-electron chi connectivity index (χ2n) is 3.32. The molecule has 0 aliphatic carbocycles. The second-order valence-corrected chi connectivity index (χ2v) is 4.54. The molecule has 1 unspecified atom stereocenters. The van der Waals surface area contributed by atoms with E-state index in [1.807, 2.05) is 0 Å². The molecule has 0 amide bonds. The molecule has 1 aromatic rings. The first kappa shape index (κ1) is 9.10. The average molecular weight is 193 g/mol. The van der Waals surface area contributed by atoms with Crippen LogP contribution in [-0.4, -0.2) is 18.1 Å². The van der Waals surface area contributed by atoms with E-state index >= 15 is 0 Å². The van der Waals surface area contributed by atoms with Gasteiger partial charge in [-0.3, -0.25) is 0 Å². The normalized spacial score (nSPS) is 23.8. The molecule has 0 radical (unpaired) electrons. The van der Waals surface area contributed by atoms with Gasteiger partial charge in [-0.1, -0.05) is 30.3 Å². The molecule has 0 saturated carbocycles. The predicted octanol–water partition coefficient (Wildman–Crippen LogP) is 2.45. The molecule has 13 heavy (non-hydrogen) atoms. The maximum absolute atomic E-state index is 3.58. The van der Waals surface area contributed by atoms with Crippen LogP contribution < -0.4 is 5.32 Å². The minimum atomic E-state index is 0.580. The molecule has 1 fully saturated rings. The summed E-state index contributed by atoms with van der Waals surface area (Å²) in [7, 11) is 0. The van der Waals surface area contributed by atoms with Crippen LogP contribution in [0.1, 0.15) is 18.0 Å². The van der Waals surface area contributed by atoms with Crippen LogP contribution in [0.2, 0.25) is 0 Å². The molecular formula is C11H15NS. The van der Waals surface area contributed by atoms with Gasteiger partial charge in [-0.25, -0.2) is 0 Å². The fourth-order valence-corrected chi connectivity index (χ4v) is 2.55. The molecule has 2 heteroatoms. The van der Waals surface area contributed by atoms with Crippen LogP contribution in [0.4, 0.5) is 0 Å². The first-order valence-electron chi connectivity index (χ1n) is 4.83. The zero-order valence-electron chi connectivity index (χ0n) is 7.70. The highest BCUT2D eigenvalue weighted by molar-refractivity contribution is 7.99. The van der Waals surface area contributed by atoms with Gasteiger partial charge in [0.05, 0.1) is 0 Å². The van der Waals surface area contributed by atoms with Crippen molar-refractivity contribution in [1.29, 1.82) is 0 Å². The molecule has 1 saturated heterocycles. The fourth-order valence-electron chi connectivity index (χ4n) is 1.68.